The zero-order valence-electron chi connectivity index (χ0n) is 11.0. The zero-order valence-corrected chi connectivity index (χ0v) is 12.6. The number of carbonyl (C=O) groups excluding carboxylic acids is 1. The molecule has 1 amide bonds. The molecule has 1 fully saturated rings. The minimum absolute atomic E-state index is 0.122. The van der Waals surface area contributed by atoms with Crippen LogP contribution in [0.4, 0.5) is 5.69 Å². The first-order valence-electron chi connectivity index (χ1n) is 6.23. The summed E-state index contributed by atoms with van der Waals surface area (Å²) in [4.78, 5) is 12.7. The lowest BCUT2D eigenvalue weighted by atomic mass is 9.62. The molecule has 19 heavy (non-hydrogen) atoms. The van der Waals surface area contributed by atoms with Crippen LogP contribution in [0.15, 0.2) is 18.2 Å². The van der Waals surface area contributed by atoms with E-state index in [4.69, 9.17) is 29.6 Å². The third-order valence-corrected chi connectivity index (χ3v) is 4.62. The Morgan fingerprint density at radius 3 is 2.68 bits per heavy atom. The van der Waals surface area contributed by atoms with Crippen LogP contribution in [0.2, 0.25) is 5.02 Å². The molecule has 2 rings (SSSR count). The first kappa shape index (κ1) is 14.3. The smallest absolute Gasteiger partial charge is 0.237 e. The fourth-order valence-corrected chi connectivity index (χ4v) is 3.05. The molecule has 1 aliphatic rings. The van der Waals surface area contributed by atoms with Gasteiger partial charge in [0.1, 0.15) is 0 Å². The summed E-state index contributed by atoms with van der Waals surface area (Å²) in [5.74, 6) is 0.358. The molecule has 1 aliphatic carbocycles. The standard InChI is InChI=1S/C14H17ClN2OS/c1-8-6-14(7-8,12(16)19)13(18)17-11-5-3-4-10(15)9(11)2/h3-5,8H,6-7H2,1-2H3,(H2,16,19)(H,17,18). The largest absolute Gasteiger partial charge is 0.392 e. The van der Waals surface area contributed by atoms with Gasteiger partial charge in [0.2, 0.25) is 5.91 Å². The molecule has 5 heteroatoms. The third-order valence-electron chi connectivity index (χ3n) is 3.82. The van der Waals surface area contributed by atoms with Crippen molar-refractivity contribution in [1.29, 1.82) is 0 Å². The van der Waals surface area contributed by atoms with Crippen LogP contribution in [-0.2, 0) is 4.79 Å². The normalized spacial score (nSPS) is 25.5. The maximum absolute atomic E-state index is 12.4. The molecule has 0 aromatic heterocycles. The molecule has 0 bridgehead atoms. The van der Waals surface area contributed by atoms with Gasteiger partial charge in [-0.1, -0.05) is 36.8 Å². The maximum atomic E-state index is 12.4. The fraction of sp³-hybridized carbons (Fsp3) is 0.429. The Balaban J connectivity index is 2.21. The first-order chi connectivity index (χ1) is 8.86. The Labute approximate surface area is 123 Å². The van der Waals surface area contributed by atoms with Crippen molar-refractivity contribution in [3.8, 4) is 0 Å². The Bertz CT molecular complexity index is 538. The van der Waals surface area contributed by atoms with E-state index in [2.05, 4.69) is 12.2 Å². The Morgan fingerprint density at radius 1 is 1.53 bits per heavy atom. The minimum Gasteiger partial charge on any atom is -0.392 e. The van der Waals surface area contributed by atoms with Crippen LogP contribution < -0.4 is 11.1 Å². The van der Waals surface area contributed by atoms with Gasteiger partial charge < -0.3 is 11.1 Å². The number of nitrogens with two attached hydrogens (primary N) is 1. The van der Waals surface area contributed by atoms with E-state index in [9.17, 15) is 4.79 Å². The van der Waals surface area contributed by atoms with E-state index in [1.54, 1.807) is 6.07 Å². The lowest BCUT2D eigenvalue weighted by Gasteiger charge is -2.44. The number of halogens is 1. The Kier molecular flexibility index (Phi) is 3.83. The number of anilines is 1. The van der Waals surface area contributed by atoms with Gasteiger partial charge in [0.25, 0.3) is 0 Å². The van der Waals surface area contributed by atoms with E-state index in [1.807, 2.05) is 19.1 Å². The number of thiocarbonyl (C=S) groups is 1. The van der Waals surface area contributed by atoms with Crippen molar-refractivity contribution in [3.05, 3.63) is 28.8 Å². The van der Waals surface area contributed by atoms with Gasteiger partial charge in [-0.15, -0.1) is 0 Å². The molecule has 3 nitrogen and oxygen atoms in total. The van der Waals surface area contributed by atoms with Crippen LogP contribution in [0.3, 0.4) is 0 Å². The van der Waals surface area contributed by atoms with Crippen molar-refractivity contribution in [2.45, 2.75) is 26.7 Å². The highest BCUT2D eigenvalue weighted by Crippen LogP contribution is 2.46. The topological polar surface area (TPSA) is 55.1 Å². The van der Waals surface area contributed by atoms with Crippen molar-refractivity contribution in [1.82, 2.24) is 0 Å². The van der Waals surface area contributed by atoms with E-state index >= 15 is 0 Å². The van der Waals surface area contributed by atoms with Gasteiger partial charge in [0.15, 0.2) is 0 Å². The summed E-state index contributed by atoms with van der Waals surface area (Å²) >= 11 is 11.1. The van der Waals surface area contributed by atoms with Gasteiger partial charge in [0, 0.05) is 10.7 Å². The van der Waals surface area contributed by atoms with Crippen LogP contribution in [0.25, 0.3) is 0 Å². The molecule has 0 atom stereocenters. The molecule has 0 aliphatic heterocycles. The predicted octanol–water partition coefficient (Wildman–Crippen LogP) is 3.29. The molecule has 0 unspecified atom stereocenters. The van der Waals surface area contributed by atoms with Gasteiger partial charge in [-0.2, -0.15) is 0 Å². The maximum Gasteiger partial charge on any atom is 0.237 e. The van der Waals surface area contributed by atoms with Crippen molar-refractivity contribution in [2.75, 3.05) is 5.32 Å². The fourth-order valence-electron chi connectivity index (χ4n) is 2.61. The van der Waals surface area contributed by atoms with Gasteiger partial charge in [-0.3, -0.25) is 4.79 Å². The number of benzene rings is 1. The number of rotatable bonds is 3. The highest BCUT2D eigenvalue weighted by Gasteiger charge is 2.50. The summed E-state index contributed by atoms with van der Waals surface area (Å²) in [6, 6.07) is 5.43. The molecule has 0 heterocycles. The third kappa shape index (κ3) is 2.47. The number of hydrogen-bond acceptors (Lipinski definition) is 2. The van der Waals surface area contributed by atoms with Crippen molar-refractivity contribution < 1.29 is 4.79 Å². The van der Waals surface area contributed by atoms with Crippen LogP contribution in [-0.4, -0.2) is 10.9 Å². The number of amides is 1. The van der Waals surface area contributed by atoms with Crippen molar-refractivity contribution in [3.63, 3.8) is 0 Å². The summed E-state index contributed by atoms with van der Waals surface area (Å²) in [6.07, 6.45) is 1.43. The average molecular weight is 297 g/mol. The van der Waals surface area contributed by atoms with Crippen molar-refractivity contribution >= 4 is 40.4 Å². The second-order valence-corrected chi connectivity index (χ2v) is 6.17. The Morgan fingerprint density at radius 2 is 2.16 bits per heavy atom. The number of nitrogens with one attached hydrogen (secondary N) is 1. The molecular weight excluding hydrogens is 280 g/mol. The van der Waals surface area contributed by atoms with Gasteiger partial charge >= 0.3 is 0 Å². The summed E-state index contributed by atoms with van der Waals surface area (Å²) < 4.78 is 0. The highest BCUT2D eigenvalue weighted by atomic mass is 35.5. The summed E-state index contributed by atoms with van der Waals surface area (Å²) in [7, 11) is 0. The molecular formula is C14H17ClN2OS. The molecule has 3 N–H and O–H groups in total. The van der Waals surface area contributed by atoms with Crippen molar-refractivity contribution in [2.24, 2.45) is 17.1 Å². The molecule has 1 saturated carbocycles. The molecule has 102 valence electrons. The van der Waals surface area contributed by atoms with Crippen LogP contribution in [0, 0.1) is 18.3 Å². The molecule has 0 saturated heterocycles. The number of carbonyl (C=O) groups is 1. The van der Waals surface area contributed by atoms with Gasteiger partial charge in [-0.25, -0.2) is 0 Å². The second kappa shape index (κ2) is 5.10. The molecule has 0 spiro atoms. The summed E-state index contributed by atoms with van der Waals surface area (Å²) in [5, 5.41) is 3.53. The van der Waals surface area contributed by atoms with E-state index < -0.39 is 5.41 Å². The minimum atomic E-state index is -0.691. The number of hydrogen-bond donors (Lipinski definition) is 2. The molecule has 0 radical (unpaired) electrons. The van der Waals surface area contributed by atoms with E-state index in [1.165, 1.54) is 0 Å². The van der Waals surface area contributed by atoms with Crippen LogP contribution in [0.5, 0.6) is 0 Å². The lowest BCUT2D eigenvalue weighted by Crippen LogP contribution is -2.53. The quantitative estimate of drug-likeness (QED) is 0.842. The monoisotopic (exact) mass is 296 g/mol. The Hall–Kier alpha value is -1.13. The zero-order chi connectivity index (χ0) is 14.2. The SMILES string of the molecule is Cc1c(Cl)cccc1NC(=O)C1(C(N)=S)CC(C)C1. The first-order valence-corrected chi connectivity index (χ1v) is 7.02. The molecule has 1 aromatic carbocycles. The van der Waals surface area contributed by atoms with E-state index in [-0.39, 0.29) is 10.9 Å². The second-order valence-electron chi connectivity index (χ2n) is 5.33. The van der Waals surface area contributed by atoms with Crippen LogP contribution >= 0.6 is 23.8 Å². The average Bonchev–Trinajstić information content (AvgIpc) is 2.30. The van der Waals surface area contributed by atoms with E-state index in [0.29, 0.717) is 29.5 Å². The van der Waals surface area contributed by atoms with Crippen LogP contribution in [0.1, 0.15) is 25.3 Å². The summed E-state index contributed by atoms with van der Waals surface area (Å²) in [6.45, 7) is 3.96. The summed E-state index contributed by atoms with van der Waals surface area (Å²) in [5.41, 5.74) is 6.64. The highest BCUT2D eigenvalue weighted by molar-refractivity contribution is 7.80. The van der Waals surface area contributed by atoms with Gasteiger partial charge in [0.05, 0.1) is 10.4 Å². The molecule has 1 aromatic rings. The van der Waals surface area contributed by atoms with E-state index in [0.717, 1.165) is 5.56 Å². The van der Waals surface area contributed by atoms with Gasteiger partial charge in [-0.05, 0) is 43.4 Å². The lowest BCUT2D eigenvalue weighted by molar-refractivity contribution is -0.127. The predicted molar refractivity (Wildman–Crippen MR) is 82.4 cm³/mol.